The van der Waals surface area contributed by atoms with E-state index < -0.39 is 11.6 Å². The van der Waals surface area contributed by atoms with Crippen LogP contribution >= 0.6 is 0 Å². The van der Waals surface area contributed by atoms with Crippen LogP contribution in [0.15, 0.2) is 43.0 Å². The molecule has 3 aromatic heterocycles. The van der Waals surface area contributed by atoms with Gasteiger partial charge in [-0.25, -0.2) is 18.4 Å². The topological polar surface area (TPSA) is 84.3 Å². The quantitative estimate of drug-likeness (QED) is 0.602. The molecule has 0 aliphatic heterocycles. The third-order valence-corrected chi connectivity index (χ3v) is 3.48. The summed E-state index contributed by atoms with van der Waals surface area (Å²) in [6, 6.07) is 4.05. The number of benzene rings is 1. The number of anilines is 2. The molecule has 0 spiro atoms. The molecule has 1 aromatic carbocycles. The molecule has 0 aliphatic carbocycles. The fraction of sp³-hybridized carbons (Fsp3) is 0.0667. The summed E-state index contributed by atoms with van der Waals surface area (Å²) >= 11 is 0. The van der Waals surface area contributed by atoms with Gasteiger partial charge in [-0.1, -0.05) is 12.1 Å². The largest absolute Gasteiger partial charge is 0.321 e. The van der Waals surface area contributed by atoms with Crippen LogP contribution in [0, 0.1) is 11.6 Å². The van der Waals surface area contributed by atoms with E-state index in [1.165, 1.54) is 16.8 Å². The number of aromatic amines is 1. The van der Waals surface area contributed by atoms with Gasteiger partial charge >= 0.3 is 0 Å². The summed E-state index contributed by atoms with van der Waals surface area (Å²) < 4.78 is 28.7. The molecule has 120 valence electrons. The van der Waals surface area contributed by atoms with Crippen LogP contribution in [-0.2, 0) is 6.54 Å². The number of hydrogen-bond donors (Lipinski definition) is 2. The number of fused-ring (bicyclic) bond motifs is 1. The minimum Gasteiger partial charge on any atom is -0.321 e. The van der Waals surface area contributed by atoms with Crippen LogP contribution < -0.4 is 5.32 Å². The SMILES string of the molecule is Fc1cccc(Cn2ncc3cnc(Nc4cn[nH]c4)nc32)c1F. The van der Waals surface area contributed by atoms with E-state index in [-0.39, 0.29) is 12.1 Å². The Morgan fingerprint density at radius 3 is 2.92 bits per heavy atom. The minimum absolute atomic E-state index is 0.0647. The third kappa shape index (κ3) is 2.56. The molecule has 4 aromatic rings. The summed E-state index contributed by atoms with van der Waals surface area (Å²) in [5.74, 6) is -1.42. The van der Waals surface area contributed by atoms with Crippen molar-refractivity contribution in [3.05, 3.63) is 60.2 Å². The first-order valence-corrected chi connectivity index (χ1v) is 7.08. The molecule has 0 aliphatic rings. The van der Waals surface area contributed by atoms with Crippen molar-refractivity contribution < 1.29 is 8.78 Å². The maximum atomic E-state index is 13.9. The molecule has 3 heterocycles. The van der Waals surface area contributed by atoms with Crippen LogP contribution in [0.2, 0.25) is 0 Å². The van der Waals surface area contributed by atoms with Crippen LogP contribution in [-0.4, -0.2) is 29.9 Å². The molecule has 9 heteroatoms. The van der Waals surface area contributed by atoms with Gasteiger partial charge < -0.3 is 5.32 Å². The molecule has 7 nitrogen and oxygen atoms in total. The van der Waals surface area contributed by atoms with Gasteiger partial charge in [-0.2, -0.15) is 15.2 Å². The minimum atomic E-state index is -0.888. The van der Waals surface area contributed by atoms with Crippen molar-refractivity contribution in [1.29, 1.82) is 0 Å². The lowest BCUT2D eigenvalue weighted by molar-refractivity contribution is 0.493. The van der Waals surface area contributed by atoms with E-state index in [2.05, 4.69) is 30.6 Å². The molecule has 24 heavy (non-hydrogen) atoms. The van der Waals surface area contributed by atoms with Gasteiger partial charge in [0.05, 0.1) is 30.0 Å². The average molecular weight is 327 g/mol. The van der Waals surface area contributed by atoms with Gasteiger partial charge in [-0.05, 0) is 6.07 Å². The molecule has 0 unspecified atom stereocenters. The lowest BCUT2D eigenvalue weighted by Gasteiger charge is -2.06. The molecule has 0 saturated carbocycles. The Labute approximate surface area is 134 Å². The molecular weight excluding hydrogens is 316 g/mol. The number of nitrogens with zero attached hydrogens (tertiary/aromatic N) is 5. The Morgan fingerprint density at radius 2 is 2.08 bits per heavy atom. The number of hydrogen-bond acceptors (Lipinski definition) is 5. The second kappa shape index (κ2) is 5.69. The maximum absolute atomic E-state index is 13.9. The molecule has 0 bridgehead atoms. The van der Waals surface area contributed by atoms with Crippen molar-refractivity contribution in [1.82, 2.24) is 29.9 Å². The van der Waals surface area contributed by atoms with Gasteiger partial charge in [-0.15, -0.1) is 0 Å². The predicted octanol–water partition coefficient (Wildman–Crippen LogP) is 2.62. The Morgan fingerprint density at radius 1 is 1.17 bits per heavy atom. The lowest BCUT2D eigenvalue weighted by Crippen LogP contribution is -2.06. The Balaban J connectivity index is 1.69. The van der Waals surface area contributed by atoms with Gasteiger partial charge in [0.25, 0.3) is 0 Å². The van der Waals surface area contributed by atoms with Crippen LogP contribution in [0.3, 0.4) is 0 Å². The van der Waals surface area contributed by atoms with Crippen molar-refractivity contribution in [3.8, 4) is 0 Å². The zero-order valence-corrected chi connectivity index (χ0v) is 12.2. The summed E-state index contributed by atoms with van der Waals surface area (Å²) in [4.78, 5) is 8.56. The normalized spacial score (nSPS) is 11.1. The van der Waals surface area contributed by atoms with Crippen LogP contribution in [0.25, 0.3) is 11.0 Å². The summed E-state index contributed by atoms with van der Waals surface area (Å²) in [6.07, 6.45) is 6.43. The number of H-pyrrole nitrogens is 1. The lowest BCUT2D eigenvalue weighted by atomic mass is 10.2. The zero-order valence-electron chi connectivity index (χ0n) is 12.2. The molecule has 0 radical (unpaired) electrons. The third-order valence-electron chi connectivity index (χ3n) is 3.48. The van der Waals surface area contributed by atoms with Gasteiger partial charge in [0, 0.05) is 18.0 Å². The van der Waals surface area contributed by atoms with Gasteiger partial charge in [0.1, 0.15) is 0 Å². The van der Waals surface area contributed by atoms with Crippen LogP contribution in [0.4, 0.5) is 20.4 Å². The van der Waals surface area contributed by atoms with E-state index in [9.17, 15) is 8.78 Å². The summed E-state index contributed by atoms with van der Waals surface area (Å²) in [5, 5.41) is 14.4. The molecular formula is C15H11F2N7. The van der Waals surface area contributed by atoms with E-state index in [0.29, 0.717) is 22.7 Å². The van der Waals surface area contributed by atoms with Crippen molar-refractivity contribution in [3.63, 3.8) is 0 Å². The second-order valence-corrected chi connectivity index (χ2v) is 5.10. The van der Waals surface area contributed by atoms with Gasteiger partial charge in [0.2, 0.25) is 5.95 Å². The van der Waals surface area contributed by atoms with E-state index in [1.54, 1.807) is 24.8 Å². The molecule has 0 fully saturated rings. The first-order chi connectivity index (χ1) is 11.7. The zero-order chi connectivity index (χ0) is 16.5. The highest BCUT2D eigenvalue weighted by atomic mass is 19.2. The molecule has 0 saturated heterocycles. The second-order valence-electron chi connectivity index (χ2n) is 5.10. The van der Waals surface area contributed by atoms with Crippen LogP contribution in [0.1, 0.15) is 5.56 Å². The summed E-state index contributed by atoms with van der Waals surface area (Å²) in [5.41, 5.74) is 1.42. The van der Waals surface area contributed by atoms with Crippen LogP contribution in [0.5, 0.6) is 0 Å². The van der Waals surface area contributed by atoms with Crippen molar-refractivity contribution in [2.24, 2.45) is 0 Å². The Bertz CT molecular complexity index is 994. The highest BCUT2D eigenvalue weighted by Gasteiger charge is 2.12. The summed E-state index contributed by atoms with van der Waals surface area (Å²) in [7, 11) is 0. The predicted molar refractivity (Wildman–Crippen MR) is 82.7 cm³/mol. The fourth-order valence-corrected chi connectivity index (χ4v) is 2.32. The monoisotopic (exact) mass is 327 g/mol. The number of halogens is 2. The average Bonchev–Trinajstić information content (AvgIpc) is 3.22. The van der Waals surface area contributed by atoms with Gasteiger partial charge in [0.15, 0.2) is 17.3 Å². The molecule has 2 N–H and O–H groups in total. The smallest absolute Gasteiger partial charge is 0.229 e. The Hall–Kier alpha value is -3.36. The van der Waals surface area contributed by atoms with Gasteiger partial charge in [-0.3, -0.25) is 5.10 Å². The Kier molecular flexibility index (Phi) is 3.38. The fourth-order valence-electron chi connectivity index (χ4n) is 2.32. The van der Waals surface area contributed by atoms with E-state index in [0.717, 1.165) is 6.07 Å². The van der Waals surface area contributed by atoms with Crippen molar-refractivity contribution in [2.45, 2.75) is 6.54 Å². The van der Waals surface area contributed by atoms with Crippen molar-refractivity contribution in [2.75, 3.05) is 5.32 Å². The molecule has 4 rings (SSSR count). The van der Waals surface area contributed by atoms with Crippen molar-refractivity contribution >= 4 is 22.7 Å². The van der Waals surface area contributed by atoms with E-state index in [1.807, 2.05) is 0 Å². The van der Waals surface area contributed by atoms with E-state index in [4.69, 9.17) is 0 Å². The maximum Gasteiger partial charge on any atom is 0.229 e. The standard InChI is InChI=1S/C15H11F2N7/c16-12-3-1-2-9(13(12)17)8-24-14-10(5-21-24)4-18-15(23-14)22-11-6-19-20-7-11/h1-7H,8H2,(H,19,20)(H,18,22,23). The molecule has 0 amide bonds. The number of aromatic nitrogens is 6. The first-order valence-electron chi connectivity index (χ1n) is 7.08. The first kappa shape index (κ1) is 14.2. The number of rotatable bonds is 4. The molecule has 0 atom stereocenters. The highest BCUT2D eigenvalue weighted by Crippen LogP contribution is 2.18. The van der Waals surface area contributed by atoms with E-state index >= 15 is 0 Å². The highest BCUT2D eigenvalue weighted by molar-refractivity contribution is 5.75. The number of nitrogens with one attached hydrogen (secondary N) is 2. The summed E-state index contributed by atoms with van der Waals surface area (Å²) in [6.45, 7) is 0.0647.